The topological polar surface area (TPSA) is 35.5 Å². The van der Waals surface area contributed by atoms with Gasteiger partial charge in [0.15, 0.2) is 0 Å². The summed E-state index contributed by atoms with van der Waals surface area (Å²) in [5, 5.41) is 0. The third-order valence-corrected chi connectivity index (χ3v) is 3.66. The highest BCUT2D eigenvalue weighted by Crippen LogP contribution is 2.31. The maximum absolute atomic E-state index is 11.2. The molecule has 0 aliphatic heterocycles. The van der Waals surface area contributed by atoms with Crippen molar-refractivity contribution in [3.8, 4) is 5.75 Å². The van der Waals surface area contributed by atoms with E-state index in [9.17, 15) is 4.79 Å². The molecule has 0 aliphatic carbocycles. The fourth-order valence-electron chi connectivity index (χ4n) is 2.60. The summed E-state index contributed by atoms with van der Waals surface area (Å²) in [5.74, 6) is 0.885. The summed E-state index contributed by atoms with van der Waals surface area (Å²) in [6.07, 6.45) is 3.18. The van der Waals surface area contributed by atoms with Gasteiger partial charge in [-0.1, -0.05) is 25.8 Å². The molecule has 0 N–H and O–H groups in total. The van der Waals surface area contributed by atoms with Gasteiger partial charge in [0, 0.05) is 12.8 Å². The van der Waals surface area contributed by atoms with Crippen LogP contribution < -0.4 is 4.74 Å². The SMILES string of the molecule is CCCC[C@H](c1ccc(OC)cc1C)[C@@H](C)OC(C)=O. The summed E-state index contributed by atoms with van der Waals surface area (Å²) in [6, 6.07) is 6.10. The van der Waals surface area contributed by atoms with Gasteiger partial charge in [0.2, 0.25) is 0 Å². The van der Waals surface area contributed by atoms with Gasteiger partial charge in [-0.2, -0.15) is 0 Å². The zero-order valence-corrected chi connectivity index (χ0v) is 13.2. The Morgan fingerprint density at radius 1 is 1.35 bits per heavy atom. The minimum absolute atomic E-state index is 0.105. The smallest absolute Gasteiger partial charge is 0.302 e. The average Bonchev–Trinajstić information content (AvgIpc) is 2.39. The van der Waals surface area contributed by atoms with Crippen molar-refractivity contribution in [2.45, 2.75) is 59.0 Å². The maximum Gasteiger partial charge on any atom is 0.302 e. The molecule has 0 saturated carbocycles. The van der Waals surface area contributed by atoms with Gasteiger partial charge in [-0.3, -0.25) is 4.79 Å². The average molecular weight is 278 g/mol. The van der Waals surface area contributed by atoms with Crippen LogP contribution in [-0.2, 0) is 9.53 Å². The molecule has 0 bridgehead atoms. The van der Waals surface area contributed by atoms with Crippen LogP contribution in [0.3, 0.4) is 0 Å². The molecule has 1 aromatic rings. The molecule has 0 aliphatic rings. The van der Waals surface area contributed by atoms with E-state index >= 15 is 0 Å². The number of rotatable bonds is 7. The van der Waals surface area contributed by atoms with Crippen LogP contribution in [0.1, 0.15) is 57.1 Å². The number of hydrogen-bond acceptors (Lipinski definition) is 3. The molecule has 0 amide bonds. The number of methoxy groups -OCH3 is 1. The fourth-order valence-corrected chi connectivity index (χ4v) is 2.60. The van der Waals surface area contributed by atoms with E-state index in [0.717, 1.165) is 25.0 Å². The van der Waals surface area contributed by atoms with Crippen molar-refractivity contribution in [2.75, 3.05) is 7.11 Å². The maximum atomic E-state index is 11.2. The molecule has 3 heteroatoms. The zero-order chi connectivity index (χ0) is 15.1. The first-order valence-corrected chi connectivity index (χ1v) is 7.31. The lowest BCUT2D eigenvalue weighted by Gasteiger charge is -2.25. The first-order valence-electron chi connectivity index (χ1n) is 7.31. The Labute approximate surface area is 122 Å². The first kappa shape index (κ1) is 16.5. The molecule has 20 heavy (non-hydrogen) atoms. The molecule has 0 fully saturated rings. The van der Waals surface area contributed by atoms with Gasteiger partial charge in [-0.05, 0) is 43.5 Å². The molecule has 1 aromatic carbocycles. The molecular weight excluding hydrogens is 252 g/mol. The van der Waals surface area contributed by atoms with Gasteiger partial charge < -0.3 is 9.47 Å². The molecule has 3 nitrogen and oxygen atoms in total. The van der Waals surface area contributed by atoms with Gasteiger partial charge in [-0.25, -0.2) is 0 Å². The minimum Gasteiger partial charge on any atom is -0.497 e. The van der Waals surface area contributed by atoms with Gasteiger partial charge in [0.25, 0.3) is 0 Å². The Balaban J connectivity index is 3.00. The number of unbranched alkanes of at least 4 members (excludes halogenated alkanes) is 1. The van der Waals surface area contributed by atoms with E-state index in [4.69, 9.17) is 9.47 Å². The normalized spacial score (nSPS) is 13.7. The molecule has 0 saturated heterocycles. The first-order chi connectivity index (χ1) is 9.49. The number of aryl methyl sites for hydroxylation is 1. The third-order valence-electron chi connectivity index (χ3n) is 3.66. The van der Waals surface area contributed by atoms with Crippen molar-refractivity contribution < 1.29 is 14.3 Å². The van der Waals surface area contributed by atoms with E-state index in [0.29, 0.717) is 0 Å². The van der Waals surface area contributed by atoms with Crippen molar-refractivity contribution in [1.29, 1.82) is 0 Å². The minimum atomic E-state index is -0.217. The van der Waals surface area contributed by atoms with Crippen LogP contribution in [0.15, 0.2) is 18.2 Å². The quantitative estimate of drug-likeness (QED) is 0.700. The van der Waals surface area contributed by atoms with Gasteiger partial charge in [-0.15, -0.1) is 0 Å². The van der Waals surface area contributed by atoms with Crippen LogP contribution in [0.2, 0.25) is 0 Å². The van der Waals surface area contributed by atoms with Crippen molar-refractivity contribution in [1.82, 2.24) is 0 Å². The van der Waals surface area contributed by atoms with E-state index in [1.54, 1.807) is 7.11 Å². The molecule has 2 atom stereocenters. The summed E-state index contributed by atoms with van der Waals surface area (Å²) in [5.41, 5.74) is 2.43. The Bertz CT molecular complexity index is 440. The summed E-state index contributed by atoms with van der Waals surface area (Å²) < 4.78 is 10.7. The second-order valence-electron chi connectivity index (χ2n) is 5.29. The second kappa shape index (κ2) is 7.93. The molecule has 0 aromatic heterocycles. The molecule has 0 spiro atoms. The molecule has 0 radical (unpaired) electrons. The molecular formula is C17H26O3. The Hall–Kier alpha value is -1.51. The number of carbonyl (C=O) groups is 1. The van der Waals surface area contributed by atoms with Crippen LogP contribution in [0, 0.1) is 6.92 Å². The van der Waals surface area contributed by atoms with Crippen molar-refractivity contribution in [3.63, 3.8) is 0 Å². The second-order valence-corrected chi connectivity index (χ2v) is 5.29. The number of benzene rings is 1. The molecule has 112 valence electrons. The summed E-state index contributed by atoms with van der Waals surface area (Å²) in [7, 11) is 1.67. The fraction of sp³-hybridized carbons (Fsp3) is 0.588. The zero-order valence-electron chi connectivity index (χ0n) is 13.2. The third kappa shape index (κ3) is 4.55. The van der Waals surface area contributed by atoms with E-state index in [-0.39, 0.29) is 18.0 Å². The van der Waals surface area contributed by atoms with Crippen molar-refractivity contribution in [2.24, 2.45) is 0 Å². The summed E-state index contributed by atoms with van der Waals surface area (Å²) in [6.45, 7) is 7.70. The molecule has 1 rings (SSSR count). The lowest BCUT2D eigenvalue weighted by atomic mass is 9.86. The van der Waals surface area contributed by atoms with E-state index in [2.05, 4.69) is 19.9 Å². The van der Waals surface area contributed by atoms with E-state index < -0.39 is 0 Å². The Morgan fingerprint density at radius 2 is 2.05 bits per heavy atom. The van der Waals surface area contributed by atoms with Crippen LogP contribution in [0.5, 0.6) is 5.75 Å². The summed E-state index contributed by atoms with van der Waals surface area (Å²) >= 11 is 0. The monoisotopic (exact) mass is 278 g/mol. The number of ether oxygens (including phenoxy) is 2. The highest BCUT2D eigenvalue weighted by Gasteiger charge is 2.23. The lowest BCUT2D eigenvalue weighted by Crippen LogP contribution is -2.22. The van der Waals surface area contributed by atoms with Crippen molar-refractivity contribution in [3.05, 3.63) is 29.3 Å². The predicted molar refractivity (Wildman–Crippen MR) is 81.2 cm³/mol. The Morgan fingerprint density at radius 3 is 2.55 bits per heavy atom. The number of esters is 1. The highest BCUT2D eigenvalue weighted by atomic mass is 16.5. The molecule has 0 unspecified atom stereocenters. The van der Waals surface area contributed by atoms with Crippen LogP contribution in [-0.4, -0.2) is 19.2 Å². The van der Waals surface area contributed by atoms with Crippen LogP contribution >= 0.6 is 0 Å². The lowest BCUT2D eigenvalue weighted by molar-refractivity contribution is -0.146. The largest absolute Gasteiger partial charge is 0.497 e. The van der Waals surface area contributed by atoms with Gasteiger partial charge >= 0.3 is 5.97 Å². The molecule has 0 heterocycles. The van der Waals surface area contributed by atoms with Crippen LogP contribution in [0.25, 0.3) is 0 Å². The number of hydrogen-bond donors (Lipinski definition) is 0. The van der Waals surface area contributed by atoms with Gasteiger partial charge in [0.05, 0.1) is 7.11 Å². The highest BCUT2D eigenvalue weighted by molar-refractivity contribution is 5.66. The van der Waals surface area contributed by atoms with Crippen LogP contribution in [0.4, 0.5) is 0 Å². The van der Waals surface area contributed by atoms with Gasteiger partial charge in [0.1, 0.15) is 11.9 Å². The standard InChI is InChI=1S/C17H26O3/c1-6-7-8-17(13(3)20-14(4)18)16-10-9-15(19-5)11-12(16)2/h9-11,13,17H,6-8H2,1-5H3/t13-,17+/m1/s1. The van der Waals surface area contributed by atoms with E-state index in [1.165, 1.54) is 18.1 Å². The predicted octanol–water partition coefficient (Wildman–Crippen LogP) is 4.23. The number of carbonyl (C=O) groups excluding carboxylic acids is 1. The van der Waals surface area contributed by atoms with E-state index in [1.807, 2.05) is 19.1 Å². The Kier molecular flexibility index (Phi) is 6.56. The van der Waals surface area contributed by atoms with Crippen molar-refractivity contribution >= 4 is 5.97 Å². The summed E-state index contributed by atoms with van der Waals surface area (Å²) in [4.78, 5) is 11.2.